The summed E-state index contributed by atoms with van der Waals surface area (Å²) in [6, 6.07) is 0. The Morgan fingerprint density at radius 1 is 1.17 bits per heavy atom. The lowest BCUT2D eigenvalue weighted by atomic mass is 9.68. The molecule has 6 N–H and O–H groups in total. The Labute approximate surface area is 204 Å². The van der Waals surface area contributed by atoms with Gasteiger partial charge in [-0.3, -0.25) is 4.79 Å². The first-order valence-corrected chi connectivity index (χ1v) is 11.8. The molecule has 0 saturated carbocycles. The summed E-state index contributed by atoms with van der Waals surface area (Å²) in [7, 11) is 0. The first kappa shape index (κ1) is 28.3. The fourth-order valence-corrected chi connectivity index (χ4v) is 4.80. The van der Waals surface area contributed by atoms with Crippen molar-refractivity contribution in [1.82, 2.24) is 0 Å². The minimum absolute atomic E-state index is 0.0208. The van der Waals surface area contributed by atoms with E-state index in [0.717, 1.165) is 5.57 Å². The molecule has 11 heteroatoms. The number of hydrogen-bond acceptors (Lipinski definition) is 11. The van der Waals surface area contributed by atoms with Gasteiger partial charge >= 0.3 is 0 Å². The molecular weight excluding hydrogens is 464 g/mol. The van der Waals surface area contributed by atoms with Crippen LogP contribution in [0.15, 0.2) is 23.8 Å². The number of allylic oxidation sites excluding steroid dienone is 3. The quantitative estimate of drug-likeness (QED) is 0.219. The van der Waals surface area contributed by atoms with Gasteiger partial charge < -0.3 is 49.6 Å². The molecule has 0 amide bonds. The van der Waals surface area contributed by atoms with Crippen molar-refractivity contribution in [1.29, 1.82) is 0 Å². The lowest BCUT2D eigenvalue weighted by Gasteiger charge is -2.41. The lowest BCUT2D eigenvalue weighted by molar-refractivity contribution is -0.314. The minimum Gasteiger partial charge on any atom is -0.393 e. The van der Waals surface area contributed by atoms with Crippen molar-refractivity contribution in [3.05, 3.63) is 23.8 Å². The summed E-state index contributed by atoms with van der Waals surface area (Å²) in [5.41, 5.74) is -1.18. The summed E-state index contributed by atoms with van der Waals surface area (Å²) in [5.74, 6) is 0.116. The molecule has 0 aromatic carbocycles. The second kappa shape index (κ2) is 11.0. The summed E-state index contributed by atoms with van der Waals surface area (Å²) >= 11 is 0. The smallest absolute Gasteiger partial charge is 0.187 e. The Hall–Kier alpha value is -1.25. The lowest BCUT2D eigenvalue weighted by Crippen LogP contribution is -2.60. The van der Waals surface area contributed by atoms with Gasteiger partial charge in [0.05, 0.1) is 25.9 Å². The predicted molar refractivity (Wildman–Crippen MR) is 121 cm³/mol. The van der Waals surface area contributed by atoms with Crippen LogP contribution < -0.4 is 0 Å². The van der Waals surface area contributed by atoms with E-state index < -0.39 is 61.4 Å². The molecule has 0 aromatic heterocycles. The first-order chi connectivity index (χ1) is 16.3. The Bertz CT molecular complexity index is 811. The molecule has 3 rings (SSSR count). The maximum absolute atomic E-state index is 11.9. The van der Waals surface area contributed by atoms with Gasteiger partial charge in [-0.1, -0.05) is 31.6 Å². The van der Waals surface area contributed by atoms with Crippen LogP contribution in [0.5, 0.6) is 0 Å². The number of carbonyl (C=O) groups excluding carboxylic acids is 1. The number of aliphatic hydroxyl groups is 6. The third kappa shape index (κ3) is 6.19. The standard InChI is InChI=1S/C24H38O11/c1-12-7-14(26)8-23(3,4)15(12)6-5-13(2)34-21-19(29)18(28)17(27)16(35-21)9-32-22-20(30)24(31,10-25)11-33-22/h5-7,13,15-22,25,27-31H,8-11H2,1-4H3/b6-5+/t13-,15+,16-,17-,18+,19-,20+,21-,22-,24-/m1/s1. The maximum Gasteiger partial charge on any atom is 0.187 e. The van der Waals surface area contributed by atoms with E-state index in [2.05, 4.69) is 0 Å². The van der Waals surface area contributed by atoms with Gasteiger partial charge in [0.2, 0.25) is 0 Å². The Morgan fingerprint density at radius 3 is 2.46 bits per heavy atom. The molecule has 0 bridgehead atoms. The van der Waals surface area contributed by atoms with Crippen LogP contribution in [-0.4, -0.2) is 111 Å². The highest BCUT2D eigenvalue weighted by Crippen LogP contribution is 2.40. The van der Waals surface area contributed by atoms with Crippen LogP contribution in [0.25, 0.3) is 0 Å². The van der Waals surface area contributed by atoms with Crippen molar-refractivity contribution < 1.29 is 54.4 Å². The van der Waals surface area contributed by atoms with E-state index in [1.165, 1.54) is 0 Å². The number of rotatable bonds is 8. The van der Waals surface area contributed by atoms with Crippen molar-refractivity contribution in [3.63, 3.8) is 0 Å². The second-order valence-electron chi connectivity index (χ2n) is 10.5. The van der Waals surface area contributed by atoms with Crippen LogP contribution in [-0.2, 0) is 23.7 Å². The zero-order valence-corrected chi connectivity index (χ0v) is 20.5. The highest BCUT2D eigenvalue weighted by Gasteiger charge is 2.50. The Morgan fingerprint density at radius 2 is 1.86 bits per heavy atom. The van der Waals surface area contributed by atoms with Gasteiger partial charge in [0.15, 0.2) is 18.4 Å². The van der Waals surface area contributed by atoms with E-state index in [4.69, 9.17) is 18.9 Å². The molecule has 0 spiro atoms. The van der Waals surface area contributed by atoms with Crippen molar-refractivity contribution in [3.8, 4) is 0 Å². The van der Waals surface area contributed by atoms with Gasteiger partial charge in [-0.25, -0.2) is 0 Å². The first-order valence-electron chi connectivity index (χ1n) is 11.8. The van der Waals surface area contributed by atoms with Crippen molar-refractivity contribution >= 4 is 5.78 Å². The van der Waals surface area contributed by atoms with Crippen LogP contribution in [0, 0.1) is 11.3 Å². The zero-order chi connectivity index (χ0) is 26.1. The van der Waals surface area contributed by atoms with E-state index in [1.807, 2.05) is 26.8 Å². The van der Waals surface area contributed by atoms with E-state index in [1.54, 1.807) is 19.1 Å². The van der Waals surface area contributed by atoms with Gasteiger partial charge in [0, 0.05) is 12.3 Å². The molecule has 0 unspecified atom stereocenters. The third-order valence-corrected chi connectivity index (χ3v) is 6.95. The molecule has 2 aliphatic heterocycles. The van der Waals surface area contributed by atoms with E-state index in [0.29, 0.717) is 6.42 Å². The largest absolute Gasteiger partial charge is 0.393 e. The summed E-state index contributed by atoms with van der Waals surface area (Å²) in [4.78, 5) is 11.9. The van der Waals surface area contributed by atoms with Crippen LogP contribution >= 0.6 is 0 Å². The zero-order valence-electron chi connectivity index (χ0n) is 20.5. The van der Waals surface area contributed by atoms with Crippen molar-refractivity contribution in [2.75, 3.05) is 19.8 Å². The number of aliphatic hydroxyl groups excluding tert-OH is 5. The van der Waals surface area contributed by atoms with Crippen LogP contribution in [0.2, 0.25) is 0 Å². The fraction of sp³-hybridized carbons (Fsp3) is 0.792. The minimum atomic E-state index is -1.87. The third-order valence-electron chi connectivity index (χ3n) is 6.95. The Kier molecular flexibility index (Phi) is 8.91. The molecule has 200 valence electrons. The molecule has 2 fully saturated rings. The van der Waals surface area contributed by atoms with E-state index in [-0.39, 0.29) is 30.3 Å². The van der Waals surface area contributed by atoms with E-state index >= 15 is 0 Å². The summed E-state index contributed by atoms with van der Waals surface area (Å²) < 4.78 is 22.0. The predicted octanol–water partition coefficient (Wildman–Crippen LogP) is -1.23. The molecule has 10 atom stereocenters. The van der Waals surface area contributed by atoms with Gasteiger partial charge in [0.1, 0.15) is 36.1 Å². The van der Waals surface area contributed by atoms with Gasteiger partial charge in [-0.05, 0) is 25.3 Å². The monoisotopic (exact) mass is 502 g/mol. The molecular formula is C24H38O11. The van der Waals surface area contributed by atoms with Crippen molar-refractivity contribution in [2.45, 2.75) is 88.9 Å². The molecule has 0 radical (unpaired) electrons. The summed E-state index contributed by atoms with van der Waals surface area (Å²) in [6.45, 7) is 6.24. The average Bonchev–Trinajstić information content (AvgIpc) is 3.06. The second-order valence-corrected chi connectivity index (χ2v) is 10.5. The average molecular weight is 503 g/mol. The maximum atomic E-state index is 11.9. The fourth-order valence-electron chi connectivity index (χ4n) is 4.80. The van der Waals surface area contributed by atoms with Gasteiger partial charge in [-0.15, -0.1) is 0 Å². The normalized spacial score (nSPS) is 42.9. The number of ketones is 1. The van der Waals surface area contributed by atoms with Crippen LogP contribution in [0.3, 0.4) is 0 Å². The van der Waals surface area contributed by atoms with Crippen LogP contribution in [0.1, 0.15) is 34.1 Å². The summed E-state index contributed by atoms with van der Waals surface area (Å²) in [6.07, 6.45) is -4.60. The SMILES string of the molecule is CC1=CC(=O)CC(C)(C)[C@H]1/C=C/[C@@H](C)O[C@@H]1O[C@H](CO[C@@H]2OC[C@](O)(CO)[C@H]2O)[C@@H](O)[C@H](O)[C@H]1O. The molecule has 2 saturated heterocycles. The highest BCUT2D eigenvalue weighted by molar-refractivity contribution is 5.92. The number of carbonyl (C=O) groups is 1. The topological polar surface area (TPSA) is 175 Å². The highest BCUT2D eigenvalue weighted by atomic mass is 16.7. The molecule has 3 aliphatic rings. The van der Waals surface area contributed by atoms with Gasteiger partial charge in [0.25, 0.3) is 0 Å². The molecule has 11 nitrogen and oxygen atoms in total. The van der Waals surface area contributed by atoms with E-state index in [9.17, 15) is 35.4 Å². The molecule has 2 heterocycles. The van der Waals surface area contributed by atoms with Gasteiger partial charge in [-0.2, -0.15) is 0 Å². The summed E-state index contributed by atoms with van der Waals surface area (Å²) in [5, 5.41) is 60.4. The molecule has 0 aromatic rings. The number of hydrogen-bond donors (Lipinski definition) is 6. The Balaban J connectivity index is 1.60. The number of ether oxygens (including phenoxy) is 4. The molecule has 35 heavy (non-hydrogen) atoms. The van der Waals surface area contributed by atoms with Crippen molar-refractivity contribution in [2.24, 2.45) is 11.3 Å². The molecule has 1 aliphatic carbocycles. The van der Waals surface area contributed by atoms with Crippen LogP contribution in [0.4, 0.5) is 0 Å².